The van der Waals surface area contributed by atoms with Gasteiger partial charge in [-0.15, -0.1) is 0 Å². The molecule has 1 saturated heterocycles. The number of alkyl carbamates (subject to hydrolysis) is 1. The van der Waals surface area contributed by atoms with E-state index < -0.39 is 23.3 Å². The highest BCUT2D eigenvalue weighted by atomic mass is 35.5. The molecule has 0 saturated carbocycles. The van der Waals surface area contributed by atoms with E-state index in [1.165, 1.54) is 0 Å². The molecule has 1 N–H and O–H groups in total. The molecule has 33 heavy (non-hydrogen) atoms. The number of thioether (sulfide) groups is 1. The molecule has 1 fully saturated rings. The lowest BCUT2D eigenvalue weighted by molar-refractivity contribution is -0.137. The number of Topliss-reactive ketones (excluding diaryl/α,β-unsaturated/α-hetero) is 1. The summed E-state index contributed by atoms with van der Waals surface area (Å²) in [7, 11) is 0. The predicted molar refractivity (Wildman–Crippen MR) is 130 cm³/mol. The minimum atomic E-state index is -0.652. The van der Waals surface area contributed by atoms with Crippen LogP contribution in [0, 0.1) is 6.92 Å². The maximum atomic E-state index is 13.3. The van der Waals surface area contributed by atoms with Crippen LogP contribution in [-0.4, -0.2) is 65.0 Å². The summed E-state index contributed by atoms with van der Waals surface area (Å²) < 4.78 is 11.7. The Labute approximate surface area is 204 Å². The van der Waals surface area contributed by atoms with E-state index in [4.69, 9.17) is 21.1 Å². The minimum Gasteiger partial charge on any atom is -0.486 e. The molecule has 9 heteroatoms. The van der Waals surface area contributed by atoms with Crippen molar-refractivity contribution in [1.29, 1.82) is 0 Å². The van der Waals surface area contributed by atoms with E-state index in [-0.39, 0.29) is 18.1 Å². The van der Waals surface area contributed by atoms with E-state index in [1.807, 2.05) is 13.2 Å². The molecule has 1 atom stereocenters. The minimum absolute atomic E-state index is 0.0195. The molecule has 1 aromatic rings. The summed E-state index contributed by atoms with van der Waals surface area (Å²) in [4.78, 5) is 40.2. The van der Waals surface area contributed by atoms with E-state index in [2.05, 4.69) is 5.32 Å². The van der Waals surface area contributed by atoms with Crippen LogP contribution in [-0.2, 0) is 9.53 Å². The van der Waals surface area contributed by atoms with Crippen molar-refractivity contribution in [2.24, 2.45) is 0 Å². The molecule has 7 nitrogen and oxygen atoms in total. The fraction of sp³-hybridized carbons (Fsp3) is 0.625. The first-order valence-electron chi connectivity index (χ1n) is 11.2. The number of nitrogens with one attached hydrogen (secondary N) is 1. The number of fused-ring (bicyclic) bond motifs is 1. The number of amides is 2. The third kappa shape index (κ3) is 6.35. The van der Waals surface area contributed by atoms with Crippen molar-refractivity contribution < 1.29 is 23.9 Å². The van der Waals surface area contributed by atoms with Gasteiger partial charge in [-0.05, 0) is 63.8 Å². The fourth-order valence-electron chi connectivity index (χ4n) is 4.29. The second kappa shape index (κ2) is 10.1. The van der Waals surface area contributed by atoms with Crippen LogP contribution in [0.3, 0.4) is 0 Å². The average molecular weight is 497 g/mol. The third-order valence-electron chi connectivity index (χ3n) is 5.93. The zero-order chi connectivity index (χ0) is 24.4. The van der Waals surface area contributed by atoms with E-state index in [0.29, 0.717) is 48.7 Å². The van der Waals surface area contributed by atoms with Crippen molar-refractivity contribution in [3.05, 3.63) is 28.3 Å². The molecule has 2 aliphatic rings. The first kappa shape index (κ1) is 25.7. The maximum absolute atomic E-state index is 13.3. The Morgan fingerprint density at radius 3 is 2.58 bits per heavy atom. The van der Waals surface area contributed by atoms with Crippen LogP contribution in [0.4, 0.5) is 4.79 Å². The Morgan fingerprint density at radius 2 is 1.97 bits per heavy atom. The summed E-state index contributed by atoms with van der Waals surface area (Å²) in [5.74, 6) is 1.22. The Bertz CT molecular complexity index is 922. The molecule has 0 aliphatic carbocycles. The van der Waals surface area contributed by atoms with Gasteiger partial charge in [0.25, 0.3) is 0 Å². The van der Waals surface area contributed by atoms with Gasteiger partial charge in [0.15, 0.2) is 5.78 Å². The number of piperidine rings is 1. The number of carbonyl (C=O) groups is 3. The zero-order valence-electron chi connectivity index (χ0n) is 20.0. The number of ketones is 1. The molecule has 2 aliphatic heterocycles. The predicted octanol–water partition coefficient (Wildman–Crippen LogP) is 4.62. The van der Waals surface area contributed by atoms with Gasteiger partial charge in [0.1, 0.15) is 23.0 Å². The third-order valence-corrected chi connectivity index (χ3v) is 6.79. The van der Waals surface area contributed by atoms with Gasteiger partial charge in [-0.3, -0.25) is 9.59 Å². The topological polar surface area (TPSA) is 84.9 Å². The van der Waals surface area contributed by atoms with Gasteiger partial charge in [-0.2, -0.15) is 11.8 Å². The molecule has 1 unspecified atom stereocenters. The highest BCUT2D eigenvalue weighted by molar-refractivity contribution is 7.98. The van der Waals surface area contributed by atoms with E-state index in [0.717, 1.165) is 11.3 Å². The Hall–Kier alpha value is -1.93. The van der Waals surface area contributed by atoms with Crippen molar-refractivity contribution in [3.8, 4) is 5.75 Å². The Kier molecular flexibility index (Phi) is 7.89. The smallest absolute Gasteiger partial charge is 0.408 e. The summed E-state index contributed by atoms with van der Waals surface area (Å²) in [6.45, 7) is 8.16. The summed E-state index contributed by atoms with van der Waals surface area (Å²) >= 11 is 7.74. The molecule has 0 aromatic heterocycles. The van der Waals surface area contributed by atoms with Gasteiger partial charge in [-0.25, -0.2) is 4.79 Å². The molecule has 0 radical (unpaired) electrons. The lowest BCUT2D eigenvalue weighted by atomic mass is 9.82. The van der Waals surface area contributed by atoms with Crippen molar-refractivity contribution >= 4 is 41.1 Å². The number of hydrogen-bond acceptors (Lipinski definition) is 6. The average Bonchev–Trinajstić information content (AvgIpc) is 2.71. The quantitative estimate of drug-likeness (QED) is 0.640. The SMILES string of the molecule is CSCCC(NC(=O)OC(C)(C)C)C(=O)N1CCC2(CC1)CC(=O)c1cc(Cl)cc(C)c1O2. The van der Waals surface area contributed by atoms with Gasteiger partial charge in [-0.1, -0.05) is 11.6 Å². The zero-order valence-corrected chi connectivity index (χ0v) is 21.5. The van der Waals surface area contributed by atoms with E-state index in [1.54, 1.807) is 49.6 Å². The lowest BCUT2D eigenvalue weighted by Gasteiger charge is -2.45. The molecule has 2 heterocycles. The van der Waals surface area contributed by atoms with Gasteiger partial charge >= 0.3 is 6.09 Å². The van der Waals surface area contributed by atoms with Crippen molar-refractivity contribution in [2.75, 3.05) is 25.1 Å². The normalized spacial score (nSPS) is 18.4. The summed E-state index contributed by atoms with van der Waals surface area (Å²) in [5.41, 5.74) is 0.107. The van der Waals surface area contributed by atoms with Crippen LogP contribution in [0.15, 0.2) is 12.1 Å². The monoisotopic (exact) mass is 496 g/mol. The number of aryl methyl sites for hydroxylation is 1. The standard InChI is InChI=1S/C24H33ClN2O5S/c1-15-12-16(25)13-17-19(28)14-24(31-20(15)17)7-9-27(10-8-24)21(29)18(6-11-33-5)26-22(30)32-23(2,3)4/h12-13,18H,6-11,14H2,1-5H3,(H,26,30). The molecule has 2 amide bonds. The van der Waals surface area contributed by atoms with Crippen LogP contribution in [0.5, 0.6) is 5.75 Å². The summed E-state index contributed by atoms with van der Waals surface area (Å²) in [6.07, 6.45) is 3.25. The van der Waals surface area contributed by atoms with Crippen LogP contribution in [0.2, 0.25) is 5.02 Å². The number of ether oxygens (including phenoxy) is 2. The first-order valence-corrected chi connectivity index (χ1v) is 13.0. The number of carbonyl (C=O) groups excluding carboxylic acids is 3. The number of likely N-dealkylation sites (tertiary alicyclic amines) is 1. The number of rotatable bonds is 5. The number of hydrogen-bond donors (Lipinski definition) is 1. The maximum Gasteiger partial charge on any atom is 0.408 e. The highest BCUT2D eigenvalue weighted by Crippen LogP contribution is 2.42. The number of halogens is 1. The van der Waals surface area contributed by atoms with E-state index >= 15 is 0 Å². The van der Waals surface area contributed by atoms with Gasteiger partial charge in [0.2, 0.25) is 5.91 Å². The van der Waals surface area contributed by atoms with Crippen LogP contribution in [0.25, 0.3) is 0 Å². The highest BCUT2D eigenvalue weighted by Gasteiger charge is 2.45. The second-order valence-electron chi connectivity index (χ2n) is 9.79. The molecule has 1 aromatic carbocycles. The second-order valence-corrected chi connectivity index (χ2v) is 11.2. The largest absolute Gasteiger partial charge is 0.486 e. The van der Waals surface area contributed by atoms with Crippen LogP contribution in [0.1, 0.15) is 62.4 Å². The van der Waals surface area contributed by atoms with E-state index in [9.17, 15) is 14.4 Å². The van der Waals surface area contributed by atoms with Crippen molar-refractivity contribution in [2.45, 2.75) is 70.6 Å². The lowest BCUT2D eigenvalue weighted by Crippen LogP contribution is -2.56. The van der Waals surface area contributed by atoms with Gasteiger partial charge in [0, 0.05) is 31.0 Å². The van der Waals surface area contributed by atoms with Crippen LogP contribution < -0.4 is 10.1 Å². The molecule has 3 rings (SSSR count). The van der Waals surface area contributed by atoms with Crippen LogP contribution >= 0.6 is 23.4 Å². The fourth-order valence-corrected chi connectivity index (χ4v) is 5.03. The molecule has 0 bridgehead atoms. The summed E-state index contributed by atoms with van der Waals surface area (Å²) in [6, 6.07) is 2.81. The molecule has 1 spiro atoms. The first-order chi connectivity index (χ1) is 15.4. The summed E-state index contributed by atoms with van der Waals surface area (Å²) in [5, 5.41) is 3.27. The number of nitrogens with zero attached hydrogens (tertiary/aromatic N) is 1. The van der Waals surface area contributed by atoms with Gasteiger partial charge < -0.3 is 19.7 Å². The molecule has 182 valence electrons. The van der Waals surface area contributed by atoms with Gasteiger partial charge in [0.05, 0.1) is 12.0 Å². The Morgan fingerprint density at radius 1 is 1.30 bits per heavy atom. The molecular weight excluding hydrogens is 464 g/mol. The van der Waals surface area contributed by atoms with Crippen molar-refractivity contribution in [1.82, 2.24) is 10.2 Å². The number of benzene rings is 1. The Balaban J connectivity index is 1.67. The molecular formula is C24H33ClN2O5S. The van der Waals surface area contributed by atoms with Crippen molar-refractivity contribution in [3.63, 3.8) is 0 Å².